The monoisotopic (exact) mass is 392 g/mol. The first-order valence-electron chi connectivity index (χ1n) is 8.59. The average Bonchev–Trinajstić information content (AvgIpc) is 3.10. The molecule has 1 N–H and O–H groups in total. The van der Waals surface area contributed by atoms with E-state index >= 15 is 0 Å². The summed E-state index contributed by atoms with van der Waals surface area (Å²) in [5.74, 6) is 0.517. The van der Waals surface area contributed by atoms with Crippen LogP contribution in [-0.4, -0.2) is 27.8 Å². The molecule has 2 aromatic carbocycles. The quantitative estimate of drug-likeness (QED) is 0.553. The predicted molar refractivity (Wildman–Crippen MR) is 110 cm³/mol. The number of halogens is 1. The summed E-state index contributed by atoms with van der Waals surface area (Å²) in [6, 6.07) is 16.3. The van der Waals surface area contributed by atoms with Crippen LogP contribution in [0.5, 0.6) is 5.75 Å². The van der Waals surface area contributed by atoms with Gasteiger partial charge in [-0.25, -0.2) is 4.98 Å². The van der Waals surface area contributed by atoms with E-state index in [1.54, 1.807) is 55.4 Å². The molecule has 28 heavy (non-hydrogen) atoms. The summed E-state index contributed by atoms with van der Waals surface area (Å²) in [4.78, 5) is 17.7. The molecule has 140 valence electrons. The van der Waals surface area contributed by atoms with E-state index in [1.807, 2.05) is 24.3 Å². The predicted octanol–water partition coefficient (Wildman–Crippen LogP) is 4.55. The molecule has 0 radical (unpaired) electrons. The van der Waals surface area contributed by atoms with Gasteiger partial charge < -0.3 is 10.1 Å². The van der Waals surface area contributed by atoms with E-state index in [9.17, 15) is 4.79 Å². The highest BCUT2D eigenvalue weighted by Crippen LogP contribution is 2.27. The van der Waals surface area contributed by atoms with Crippen LogP contribution in [0.1, 0.15) is 10.4 Å². The van der Waals surface area contributed by atoms with Crippen LogP contribution in [0.4, 0.5) is 5.69 Å². The van der Waals surface area contributed by atoms with Gasteiger partial charge in [-0.3, -0.25) is 9.48 Å². The molecule has 1 amide bonds. The van der Waals surface area contributed by atoms with E-state index in [0.29, 0.717) is 33.0 Å². The van der Waals surface area contributed by atoms with Crippen LogP contribution in [0.2, 0.25) is 5.02 Å². The smallest absolute Gasteiger partial charge is 0.256 e. The lowest BCUT2D eigenvalue weighted by Crippen LogP contribution is -2.13. The largest absolute Gasteiger partial charge is 0.497 e. The van der Waals surface area contributed by atoms with E-state index in [2.05, 4.69) is 15.4 Å². The van der Waals surface area contributed by atoms with Gasteiger partial charge >= 0.3 is 0 Å². The highest BCUT2D eigenvalue weighted by Gasteiger charge is 2.17. The highest BCUT2D eigenvalue weighted by atomic mass is 35.5. The van der Waals surface area contributed by atoms with Crippen molar-refractivity contribution >= 4 is 34.2 Å². The third-order valence-electron chi connectivity index (χ3n) is 4.44. The summed E-state index contributed by atoms with van der Waals surface area (Å²) in [6.45, 7) is 0. The molecule has 7 heteroatoms. The standard InChI is InChI=1S/C21H17ClN4O2/c1-26-20-18(12-23-26)17(21(27)24-15-7-5-14(22)6-8-15)11-19(25-20)13-3-9-16(28-2)10-4-13/h3-12H,1-2H3,(H,24,27). The number of hydrogen-bond donors (Lipinski definition) is 1. The molecule has 0 saturated carbocycles. The van der Waals surface area contributed by atoms with Gasteiger partial charge in [-0.1, -0.05) is 11.6 Å². The molecule has 2 heterocycles. The van der Waals surface area contributed by atoms with Crippen LogP contribution in [-0.2, 0) is 7.05 Å². The number of fused-ring (bicyclic) bond motifs is 1. The molecular weight excluding hydrogens is 376 g/mol. The lowest BCUT2D eigenvalue weighted by molar-refractivity contribution is 0.102. The second kappa shape index (κ2) is 7.32. The maximum absolute atomic E-state index is 13.0. The highest BCUT2D eigenvalue weighted by molar-refractivity contribution is 6.30. The Balaban J connectivity index is 1.77. The van der Waals surface area contributed by atoms with Crippen molar-refractivity contribution in [3.05, 3.63) is 71.4 Å². The van der Waals surface area contributed by atoms with E-state index in [-0.39, 0.29) is 5.91 Å². The van der Waals surface area contributed by atoms with Crippen LogP contribution in [0.25, 0.3) is 22.3 Å². The lowest BCUT2D eigenvalue weighted by atomic mass is 10.1. The maximum atomic E-state index is 13.0. The fourth-order valence-corrected chi connectivity index (χ4v) is 3.07. The van der Waals surface area contributed by atoms with Crippen molar-refractivity contribution < 1.29 is 9.53 Å². The number of rotatable bonds is 4. The van der Waals surface area contributed by atoms with Crippen molar-refractivity contribution in [2.75, 3.05) is 12.4 Å². The van der Waals surface area contributed by atoms with Crippen molar-refractivity contribution in [2.45, 2.75) is 0 Å². The molecule has 0 aliphatic rings. The molecule has 2 aromatic heterocycles. The minimum absolute atomic E-state index is 0.238. The van der Waals surface area contributed by atoms with Gasteiger partial charge in [0.15, 0.2) is 5.65 Å². The van der Waals surface area contributed by atoms with E-state index in [0.717, 1.165) is 11.3 Å². The van der Waals surface area contributed by atoms with Gasteiger partial charge in [0.25, 0.3) is 5.91 Å². The number of amides is 1. The zero-order valence-electron chi connectivity index (χ0n) is 15.3. The fourth-order valence-electron chi connectivity index (χ4n) is 2.94. The number of benzene rings is 2. The zero-order chi connectivity index (χ0) is 19.7. The Hall–Kier alpha value is -3.38. The molecule has 6 nitrogen and oxygen atoms in total. The number of pyridine rings is 1. The first-order chi connectivity index (χ1) is 13.5. The van der Waals surface area contributed by atoms with Crippen molar-refractivity contribution in [1.82, 2.24) is 14.8 Å². The number of methoxy groups -OCH3 is 1. The number of ether oxygens (including phenoxy) is 1. The molecule has 0 bridgehead atoms. The Morgan fingerprint density at radius 1 is 1.11 bits per heavy atom. The molecule has 0 fully saturated rings. The Morgan fingerprint density at radius 2 is 1.82 bits per heavy atom. The third-order valence-corrected chi connectivity index (χ3v) is 4.69. The number of aromatic nitrogens is 3. The van der Waals surface area contributed by atoms with Crippen LogP contribution >= 0.6 is 11.6 Å². The first kappa shape index (κ1) is 18.0. The minimum Gasteiger partial charge on any atom is -0.497 e. The summed E-state index contributed by atoms with van der Waals surface area (Å²) in [5.41, 5.74) is 3.35. The number of nitrogens with one attached hydrogen (secondary N) is 1. The van der Waals surface area contributed by atoms with E-state index in [4.69, 9.17) is 16.3 Å². The lowest BCUT2D eigenvalue weighted by Gasteiger charge is -2.09. The number of anilines is 1. The molecule has 4 aromatic rings. The van der Waals surface area contributed by atoms with Crippen LogP contribution in [0.3, 0.4) is 0 Å². The third kappa shape index (κ3) is 3.42. The second-order valence-corrected chi connectivity index (χ2v) is 6.69. The SMILES string of the molecule is COc1ccc(-c2cc(C(=O)Nc3ccc(Cl)cc3)c3cnn(C)c3n2)cc1. The van der Waals surface area contributed by atoms with Crippen molar-refractivity contribution in [3.8, 4) is 17.0 Å². The van der Waals surface area contributed by atoms with Gasteiger partial charge in [-0.2, -0.15) is 5.10 Å². The Kier molecular flexibility index (Phi) is 4.71. The number of carbonyl (C=O) groups excluding carboxylic acids is 1. The Bertz CT molecular complexity index is 1150. The zero-order valence-corrected chi connectivity index (χ0v) is 16.1. The summed E-state index contributed by atoms with van der Waals surface area (Å²) in [5, 5.41) is 8.45. The molecule has 0 unspecified atom stereocenters. The molecule has 0 saturated heterocycles. The van der Waals surface area contributed by atoms with Crippen LogP contribution in [0.15, 0.2) is 60.8 Å². The number of aryl methyl sites for hydroxylation is 1. The molecule has 0 aliphatic heterocycles. The summed E-state index contributed by atoms with van der Waals surface area (Å²) in [7, 11) is 3.42. The van der Waals surface area contributed by atoms with Gasteiger partial charge in [-0.05, 0) is 54.6 Å². The topological polar surface area (TPSA) is 69.0 Å². The maximum Gasteiger partial charge on any atom is 0.256 e. The van der Waals surface area contributed by atoms with Gasteiger partial charge in [0.2, 0.25) is 0 Å². The van der Waals surface area contributed by atoms with E-state index < -0.39 is 0 Å². The first-order valence-corrected chi connectivity index (χ1v) is 8.97. The van der Waals surface area contributed by atoms with Crippen molar-refractivity contribution in [2.24, 2.45) is 7.05 Å². The molecule has 4 rings (SSSR count). The summed E-state index contributed by atoms with van der Waals surface area (Å²) >= 11 is 5.92. The van der Waals surface area contributed by atoms with Gasteiger partial charge in [0.05, 0.1) is 30.0 Å². The Labute approximate surface area is 166 Å². The summed E-state index contributed by atoms with van der Waals surface area (Å²) in [6.07, 6.45) is 1.65. The van der Waals surface area contributed by atoms with Gasteiger partial charge in [0, 0.05) is 23.3 Å². The van der Waals surface area contributed by atoms with Crippen molar-refractivity contribution in [1.29, 1.82) is 0 Å². The van der Waals surface area contributed by atoms with Gasteiger partial charge in [0.1, 0.15) is 5.75 Å². The normalized spacial score (nSPS) is 10.8. The second-order valence-electron chi connectivity index (χ2n) is 6.25. The Morgan fingerprint density at radius 3 is 2.50 bits per heavy atom. The van der Waals surface area contributed by atoms with Crippen LogP contribution < -0.4 is 10.1 Å². The molecule has 0 aliphatic carbocycles. The summed E-state index contributed by atoms with van der Waals surface area (Å²) < 4.78 is 6.86. The molecule has 0 atom stereocenters. The van der Waals surface area contributed by atoms with Crippen LogP contribution in [0, 0.1) is 0 Å². The van der Waals surface area contributed by atoms with Crippen molar-refractivity contribution in [3.63, 3.8) is 0 Å². The number of nitrogens with zero attached hydrogens (tertiary/aromatic N) is 3. The number of carbonyl (C=O) groups is 1. The van der Waals surface area contributed by atoms with E-state index in [1.165, 1.54) is 0 Å². The minimum atomic E-state index is -0.238. The average molecular weight is 393 g/mol. The van der Waals surface area contributed by atoms with Gasteiger partial charge in [-0.15, -0.1) is 0 Å². The fraction of sp³-hybridized carbons (Fsp3) is 0.0952. The molecule has 0 spiro atoms. The molecular formula is C21H17ClN4O2. The number of hydrogen-bond acceptors (Lipinski definition) is 4.